The Bertz CT molecular complexity index is 644. The largest absolute Gasteiger partial charge is 0.495 e. The van der Waals surface area contributed by atoms with Crippen molar-refractivity contribution < 1.29 is 9.53 Å². The molecule has 5 heteroatoms. The van der Waals surface area contributed by atoms with Gasteiger partial charge in [-0.3, -0.25) is 4.79 Å². The molecule has 0 bridgehead atoms. The fourth-order valence-corrected chi connectivity index (χ4v) is 2.18. The first-order valence-corrected chi connectivity index (χ1v) is 6.90. The highest BCUT2D eigenvalue weighted by Gasteiger charge is 2.05. The summed E-state index contributed by atoms with van der Waals surface area (Å²) in [5.74, 6) is 0.604. The van der Waals surface area contributed by atoms with Gasteiger partial charge in [0, 0.05) is 24.2 Å². The number of carbonyl (C=O) groups is 1. The number of halogens is 1. The van der Waals surface area contributed by atoms with Crippen LogP contribution >= 0.6 is 11.6 Å². The summed E-state index contributed by atoms with van der Waals surface area (Å²) in [6.07, 6.45) is 0. The quantitative estimate of drug-likeness (QED) is 0.880. The molecule has 0 aliphatic rings. The van der Waals surface area contributed by atoms with Crippen molar-refractivity contribution in [2.75, 3.05) is 17.7 Å². The Labute approximate surface area is 129 Å². The molecule has 0 heterocycles. The van der Waals surface area contributed by atoms with Gasteiger partial charge in [0.15, 0.2) is 0 Å². The van der Waals surface area contributed by atoms with Crippen molar-refractivity contribution in [3.8, 4) is 5.75 Å². The number of nitrogens with one attached hydrogen (secondary N) is 2. The van der Waals surface area contributed by atoms with Crippen molar-refractivity contribution in [3.63, 3.8) is 0 Å². The second-order valence-electron chi connectivity index (χ2n) is 4.58. The average Bonchev–Trinajstić information content (AvgIpc) is 2.45. The van der Waals surface area contributed by atoms with Gasteiger partial charge in [0.1, 0.15) is 5.75 Å². The van der Waals surface area contributed by atoms with E-state index in [4.69, 9.17) is 16.3 Å². The van der Waals surface area contributed by atoms with E-state index in [1.165, 1.54) is 6.92 Å². The zero-order valence-electron chi connectivity index (χ0n) is 11.9. The van der Waals surface area contributed by atoms with E-state index in [9.17, 15) is 4.79 Å². The van der Waals surface area contributed by atoms with Crippen molar-refractivity contribution >= 4 is 28.9 Å². The van der Waals surface area contributed by atoms with Crippen LogP contribution in [0.4, 0.5) is 11.4 Å². The minimum atomic E-state index is -0.110. The van der Waals surface area contributed by atoms with Gasteiger partial charge in [0.2, 0.25) is 5.91 Å². The van der Waals surface area contributed by atoms with E-state index >= 15 is 0 Å². The van der Waals surface area contributed by atoms with Crippen molar-refractivity contribution in [3.05, 3.63) is 53.1 Å². The Hall–Kier alpha value is -2.20. The third-order valence-corrected chi connectivity index (χ3v) is 3.13. The summed E-state index contributed by atoms with van der Waals surface area (Å²) in [5.41, 5.74) is 2.59. The highest BCUT2D eigenvalue weighted by molar-refractivity contribution is 6.30. The Balaban J connectivity index is 2.15. The van der Waals surface area contributed by atoms with E-state index in [-0.39, 0.29) is 5.91 Å². The molecular weight excluding hydrogens is 288 g/mol. The van der Waals surface area contributed by atoms with Crippen LogP contribution in [-0.2, 0) is 11.3 Å². The van der Waals surface area contributed by atoms with E-state index < -0.39 is 0 Å². The van der Waals surface area contributed by atoms with E-state index in [0.29, 0.717) is 17.3 Å². The van der Waals surface area contributed by atoms with Gasteiger partial charge >= 0.3 is 0 Å². The number of carbonyl (C=O) groups excluding carboxylic acids is 1. The van der Waals surface area contributed by atoms with Crippen LogP contribution in [0.1, 0.15) is 12.5 Å². The standard InChI is InChI=1S/C16H17ClN2O2/c1-11(20)19-14-6-7-16(21-2)15(9-14)18-10-12-4-3-5-13(17)8-12/h3-9,18H,10H2,1-2H3,(H,19,20). The van der Waals surface area contributed by atoms with E-state index in [2.05, 4.69) is 10.6 Å². The van der Waals surface area contributed by atoms with Gasteiger partial charge in [-0.25, -0.2) is 0 Å². The van der Waals surface area contributed by atoms with Gasteiger partial charge in [0.05, 0.1) is 12.8 Å². The van der Waals surface area contributed by atoms with Crippen molar-refractivity contribution in [1.29, 1.82) is 0 Å². The summed E-state index contributed by atoms with van der Waals surface area (Å²) in [6.45, 7) is 2.09. The van der Waals surface area contributed by atoms with Gasteiger partial charge in [-0.05, 0) is 35.9 Å². The molecule has 0 radical (unpaired) electrons. The highest BCUT2D eigenvalue weighted by Crippen LogP contribution is 2.28. The molecule has 0 aliphatic heterocycles. The predicted molar refractivity (Wildman–Crippen MR) is 86.1 cm³/mol. The molecule has 110 valence electrons. The summed E-state index contributed by atoms with van der Waals surface area (Å²) in [5, 5.41) is 6.74. The normalized spacial score (nSPS) is 10.0. The molecule has 0 atom stereocenters. The second-order valence-corrected chi connectivity index (χ2v) is 5.02. The van der Waals surface area contributed by atoms with Crippen LogP contribution in [0.15, 0.2) is 42.5 Å². The Kier molecular flexibility index (Phi) is 5.06. The van der Waals surface area contributed by atoms with Crippen molar-refractivity contribution in [1.82, 2.24) is 0 Å². The smallest absolute Gasteiger partial charge is 0.221 e. The van der Waals surface area contributed by atoms with Crippen LogP contribution in [0.5, 0.6) is 5.75 Å². The van der Waals surface area contributed by atoms with Crippen LogP contribution in [0.25, 0.3) is 0 Å². The molecule has 21 heavy (non-hydrogen) atoms. The minimum absolute atomic E-state index is 0.110. The van der Waals surface area contributed by atoms with E-state index in [0.717, 1.165) is 16.9 Å². The maximum Gasteiger partial charge on any atom is 0.221 e. The van der Waals surface area contributed by atoms with Crippen LogP contribution < -0.4 is 15.4 Å². The zero-order chi connectivity index (χ0) is 15.2. The Morgan fingerprint density at radius 2 is 2.05 bits per heavy atom. The molecule has 0 spiro atoms. The summed E-state index contributed by atoms with van der Waals surface area (Å²) < 4.78 is 5.32. The predicted octanol–water partition coefficient (Wildman–Crippen LogP) is 3.92. The molecular formula is C16H17ClN2O2. The summed E-state index contributed by atoms with van der Waals surface area (Å²) in [6, 6.07) is 13.1. The lowest BCUT2D eigenvalue weighted by atomic mass is 10.2. The number of rotatable bonds is 5. The molecule has 4 nitrogen and oxygen atoms in total. The van der Waals surface area contributed by atoms with Crippen LogP contribution in [0.2, 0.25) is 5.02 Å². The number of benzene rings is 2. The van der Waals surface area contributed by atoms with Crippen LogP contribution in [-0.4, -0.2) is 13.0 Å². The van der Waals surface area contributed by atoms with Gasteiger partial charge < -0.3 is 15.4 Å². The molecule has 0 aliphatic carbocycles. The highest BCUT2D eigenvalue weighted by atomic mass is 35.5. The summed E-state index contributed by atoms with van der Waals surface area (Å²) in [4.78, 5) is 11.1. The summed E-state index contributed by atoms with van der Waals surface area (Å²) >= 11 is 5.97. The fourth-order valence-electron chi connectivity index (χ4n) is 1.97. The first kappa shape index (κ1) is 15.2. The molecule has 2 aromatic carbocycles. The molecule has 2 aromatic rings. The van der Waals surface area contributed by atoms with Crippen molar-refractivity contribution in [2.24, 2.45) is 0 Å². The topological polar surface area (TPSA) is 50.4 Å². The zero-order valence-corrected chi connectivity index (χ0v) is 12.7. The maximum atomic E-state index is 11.1. The third-order valence-electron chi connectivity index (χ3n) is 2.89. The lowest BCUT2D eigenvalue weighted by Gasteiger charge is -2.13. The Morgan fingerprint density at radius 3 is 2.71 bits per heavy atom. The minimum Gasteiger partial charge on any atom is -0.495 e. The van der Waals surface area contributed by atoms with E-state index in [1.54, 1.807) is 13.2 Å². The van der Waals surface area contributed by atoms with Crippen LogP contribution in [0.3, 0.4) is 0 Å². The molecule has 0 fully saturated rings. The summed E-state index contributed by atoms with van der Waals surface area (Å²) in [7, 11) is 1.61. The lowest BCUT2D eigenvalue weighted by molar-refractivity contribution is -0.114. The first-order chi connectivity index (χ1) is 10.1. The Morgan fingerprint density at radius 1 is 1.24 bits per heavy atom. The number of hydrogen-bond donors (Lipinski definition) is 2. The number of amides is 1. The van der Waals surface area contributed by atoms with Gasteiger partial charge in [0.25, 0.3) is 0 Å². The van der Waals surface area contributed by atoms with E-state index in [1.807, 2.05) is 36.4 Å². The third kappa shape index (κ3) is 4.39. The molecule has 0 saturated carbocycles. The van der Waals surface area contributed by atoms with Crippen molar-refractivity contribution in [2.45, 2.75) is 13.5 Å². The number of methoxy groups -OCH3 is 1. The molecule has 2 N–H and O–H groups in total. The number of ether oxygens (including phenoxy) is 1. The van der Waals surface area contributed by atoms with Gasteiger partial charge in [-0.1, -0.05) is 23.7 Å². The molecule has 0 saturated heterocycles. The van der Waals surface area contributed by atoms with Gasteiger partial charge in [-0.15, -0.1) is 0 Å². The molecule has 2 rings (SSSR count). The molecule has 0 aromatic heterocycles. The van der Waals surface area contributed by atoms with Crippen LogP contribution in [0, 0.1) is 0 Å². The monoisotopic (exact) mass is 304 g/mol. The number of anilines is 2. The lowest BCUT2D eigenvalue weighted by Crippen LogP contribution is -2.07. The molecule has 0 unspecified atom stereocenters. The fraction of sp³-hybridized carbons (Fsp3) is 0.188. The second kappa shape index (κ2) is 6.99. The molecule has 1 amide bonds. The maximum absolute atomic E-state index is 11.1. The number of hydrogen-bond acceptors (Lipinski definition) is 3. The SMILES string of the molecule is COc1ccc(NC(C)=O)cc1NCc1cccc(Cl)c1. The average molecular weight is 305 g/mol. The van der Waals surface area contributed by atoms with Gasteiger partial charge in [-0.2, -0.15) is 0 Å². The first-order valence-electron chi connectivity index (χ1n) is 6.52.